The molecule has 1 aliphatic heterocycles. The maximum Gasteiger partial charge on any atom is 0.251 e. The lowest BCUT2D eigenvalue weighted by molar-refractivity contribution is 0.114. The van der Waals surface area contributed by atoms with Crippen LogP contribution in [0, 0.1) is 6.92 Å². The van der Waals surface area contributed by atoms with E-state index in [1.54, 1.807) is 0 Å². The number of thiocarbonyl (C=S) groups is 1. The number of nitrogens with one attached hydrogen (secondary N) is 3. The molecule has 24 heavy (non-hydrogen) atoms. The molecule has 1 aliphatic rings. The molecule has 2 aromatic rings. The first-order valence-electron chi connectivity index (χ1n) is 8.38. The van der Waals surface area contributed by atoms with E-state index in [9.17, 15) is 4.79 Å². The van der Waals surface area contributed by atoms with Gasteiger partial charge in [-0.15, -0.1) is 0 Å². The lowest BCUT2D eigenvalue weighted by Crippen LogP contribution is -2.40. The van der Waals surface area contributed by atoms with Gasteiger partial charge in [0.2, 0.25) is 0 Å². The fourth-order valence-corrected chi connectivity index (χ4v) is 3.12. The van der Waals surface area contributed by atoms with Crippen LogP contribution in [0.5, 0.6) is 0 Å². The minimum Gasteiger partial charge on any atom is -0.376 e. The Morgan fingerprint density at radius 1 is 1.38 bits per heavy atom. The number of H-pyrrole nitrogens is 1. The minimum absolute atomic E-state index is 0.0341. The molecule has 0 amide bonds. The van der Waals surface area contributed by atoms with Crippen LogP contribution in [0.3, 0.4) is 0 Å². The maximum atomic E-state index is 12.2. The van der Waals surface area contributed by atoms with Crippen LogP contribution in [0.4, 0.5) is 0 Å². The summed E-state index contributed by atoms with van der Waals surface area (Å²) in [6, 6.07) is 8.03. The van der Waals surface area contributed by atoms with Gasteiger partial charge in [-0.3, -0.25) is 4.79 Å². The SMILES string of the molecule is Cc1ccc2cc(CCNC(=S)NC[C@@H]3CCCO3)c(=O)[nH]c2c1. The van der Waals surface area contributed by atoms with Gasteiger partial charge >= 0.3 is 0 Å². The van der Waals surface area contributed by atoms with E-state index in [2.05, 4.69) is 15.6 Å². The Bertz CT molecular complexity index is 781. The van der Waals surface area contributed by atoms with E-state index in [0.717, 1.165) is 48.0 Å². The third kappa shape index (κ3) is 4.33. The van der Waals surface area contributed by atoms with Crippen molar-refractivity contribution in [3.05, 3.63) is 45.7 Å². The minimum atomic E-state index is -0.0341. The standard InChI is InChI=1S/C18H23N3O2S/c1-12-4-5-13-10-14(17(22)21-16(13)9-12)6-7-19-18(24)20-11-15-3-2-8-23-15/h4-5,9-10,15H,2-3,6-8,11H2,1H3,(H,21,22)(H2,19,20,24)/t15-/m0/s1. The van der Waals surface area contributed by atoms with E-state index in [4.69, 9.17) is 17.0 Å². The second-order valence-electron chi connectivity index (χ2n) is 6.24. The monoisotopic (exact) mass is 345 g/mol. The summed E-state index contributed by atoms with van der Waals surface area (Å²) < 4.78 is 5.55. The molecule has 1 fully saturated rings. The van der Waals surface area contributed by atoms with Gasteiger partial charge in [0.25, 0.3) is 5.56 Å². The average molecular weight is 345 g/mol. The molecule has 128 valence electrons. The number of ether oxygens (including phenoxy) is 1. The normalized spacial score (nSPS) is 17.1. The molecule has 0 unspecified atom stereocenters. The van der Waals surface area contributed by atoms with E-state index in [1.165, 1.54) is 0 Å². The van der Waals surface area contributed by atoms with Crippen molar-refractivity contribution in [3.63, 3.8) is 0 Å². The Balaban J connectivity index is 1.51. The average Bonchev–Trinajstić information content (AvgIpc) is 3.07. The lowest BCUT2D eigenvalue weighted by Gasteiger charge is -2.14. The smallest absolute Gasteiger partial charge is 0.251 e. The van der Waals surface area contributed by atoms with Crippen molar-refractivity contribution in [2.75, 3.05) is 19.7 Å². The van der Waals surface area contributed by atoms with Crippen molar-refractivity contribution in [3.8, 4) is 0 Å². The molecule has 0 spiro atoms. The molecule has 2 heterocycles. The molecule has 3 rings (SSSR count). The van der Waals surface area contributed by atoms with Crippen LogP contribution in [0.1, 0.15) is 24.0 Å². The Morgan fingerprint density at radius 2 is 2.25 bits per heavy atom. The first-order valence-corrected chi connectivity index (χ1v) is 8.78. The summed E-state index contributed by atoms with van der Waals surface area (Å²) in [5, 5.41) is 7.98. The molecule has 0 radical (unpaired) electrons. The molecule has 1 atom stereocenters. The van der Waals surface area contributed by atoms with E-state index >= 15 is 0 Å². The molecule has 5 nitrogen and oxygen atoms in total. The predicted octanol–water partition coefficient (Wildman–Crippen LogP) is 2.02. The van der Waals surface area contributed by atoms with Crippen LogP contribution in [0.15, 0.2) is 29.1 Å². The Kier molecular flexibility index (Phi) is 5.48. The molecular formula is C18H23N3O2S. The number of hydrogen-bond donors (Lipinski definition) is 3. The van der Waals surface area contributed by atoms with Crippen molar-refractivity contribution >= 4 is 28.2 Å². The van der Waals surface area contributed by atoms with Gasteiger partial charge in [-0.05, 0) is 61.5 Å². The zero-order valence-corrected chi connectivity index (χ0v) is 14.7. The van der Waals surface area contributed by atoms with Gasteiger partial charge in [-0.25, -0.2) is 0 Å². The van der Waals surface area contributed by atoms with Crippen molar-refractivity contribution in [1.82, 2.24) is 15.6 Å². The van der Waals surface area contributed by atoms with Crippen molar-refractivity contribution in [1.29, 1.82) is 0 Å². The summed E-state index contributed by atoms with van der Waals surface area (Å²) in [4.78, 5) is 15.1. The first-order chi connectivity index (χ1) is 11.6. The van der Waals surface area contributed by atoms with Crippen LogP contribution >= 0.6 is 12.2 Å². The summed E-state index contributed by atoms with van der Waals surface area (Å²) in [6.07, 6.45) is 3.09. The van der Waals surface area contributed by atoms with Gasteiger partial charge in [0.15, 0.2) is 5.11 Å². The van der Waals surface area contributed by atoms with Gasteiger partial charge in [0.1, 0.15) is 0 Å². The number of fused-ring (bicyclic) bond motifs is 1. The summed E-state index contributed by atoms with van der Waals surface area (Å²) in [5.74, 6) is 0. The summed E-state index contributed by atoms with van der Waals surface area (Å²) >= 11 is 5.26. The highest BCUT2D eigenvalue weighted by atomic mass is 32.1. The number of benzene rings is 1. The quantitative estimate of drug-likeness (QED) is 0.724. The van der Waals surface area contributed by atoms with Gasteiger partial charge in [-0.2, -0.15) is 0 Å². The van der Waals surface area contributed by atoms with Crippen LogP contribution < -0.4 is 16.2 Å². The van der Waals surface area contributed by atoms with Crippen molar-refractivity contribution in [2.24, 2.45) is 0 Å². The van der Waals surface area contributed by atoms with Crippen LogP contribution in [0.25, 0.3) is 10.9 Å². The molecular weight excluding hydrogens is 322 g/mol. The zero-order chi connectivity index (χ0) is 16.9. The number of pyridine rings is 1. The molecule has 3 N–H and O–H groups in total. The lowest BCUT2D eigenvalue weighted by atomic mass is 10.1. The van der Waals surface area contributed by atoms with Crippen molar-refractivity contribution < 1.29 is 4.74 Å². The number of rotatable bonds is 5. The third-order valence-corrected chi connectivity index (χ3v) is 4.56. The second-order valence-corrected chi connectivity index (χ2v) is 6.64. The topological polar surface area (TPSA) is 66.2 Å². The molecule has 0 bridgehead atoms. The van der Waals surface area contributed by atoms with E-state index in [-0.39, 0.29) is 11.7 Å². The molecule has 0 aliphatic carbocycles. The molecule has 0 saturated carbocycles. The highest BCUT2D eigenvalue weighted by molar-refractivity contribution is 7.80. The van der Waals surface area contributed by atoms with Crippen LogP contribution in [0.2, 0.25) is 0 Å². The predicted molar refractivity (Wildman–Crippen MR) is 101 cm³/mol. The summed E-state index contributed by atoms with van der Waals surface area (Å²) in [6.45, 7) is 4.22. The molecule has 1 aromatic carbocycles. The maximum absolute atomic E-state index is 12.2. The van der Waals surface area contributed by atoms with Crippen molar-refractivity contribution in [2.45, 2.75) is 32.3 Å². The zero-order valence-electron chi connectivity index (χ0n) is 13.9. The second kappa shape index (κ2) is 7.77. The third-order valence-electron chi connectivity index (χ3n) is 4.27. The molecule has 1 aromatic heterocycles. The summed E-state index contributed by atoms with van der Waals surface area (Å²) in [5.41, 5.74) is 2.75. The van der Waals surface area contributed by atoms with E-state index < -0.39 is 0 Å². The fraction of sp³-hybridized carbons (Fsp3) is 0.444. The van der Waals surface area contributed by atoms with E-state index in [1.807, 2.05) is 31.2 Å². The highest BCUT2D eigenvalue weighted by Crippen LogP contribution is 2.13. The number of aromatic amines is 1. The van der Waals surface area contributed by atoms with Gasteiger partial charge in [0.05, 0.1) is 6.10 Å². The Hall–Kier alpha value is -1.92. The largest absolute Gasteiger partial charge is 0.376 e. The van der Waals surface area contributed by atoms with Gasteiger partial charge < -0.3 is 20.4 Å². The number of aryl methyl sites for hydroxylation is 1. The van der Waals surface area contributed by atoms with E-state index in [0.29, 0.717) is 18.1 Å². The molecule has 6 heteroatoms. The number of hydrogen-bond acceptors (Lipinski definition) is 3. The fourth-order valence-electron chi connectivity index (χ4n) is 2.93. The Labute approximate surface area is 146 Å². The van der Waals surface area contributed by atoms with Gasteiger partial charge in [-0.1, -0.05) is 12.1 Å². The van der Waals surface area contributed by atoms with Gasteiger partial charge in [0, 0.05) is 30.8 Å². The van der Waals surface area contributed by atoms with Crippen LogP contribution in [-0.4, -0.2) is 35.9 Å². The Morgan fingerprint density at radius 3 is 3.04 bits per heavy atom. The number of aromatic nitrogens is 1. The highest BCUT2D eigenvalue weighted by Gasteiger charge is 2.15. The molecule has 1 saturated heterocycles. The summed E-state index contributed by atoms with van der Waals surface area (Å²) in [7, 11) is 0. The van der Waals surface area contributed by atoms with Crippen LogP contribution in [-0.2, 0) is 11.2 Å². The first kappa shape index (κ1) is 16.9.